The third-order valence-corrected chi connectivity index (χ3v) is 2.38. The molecule has 16 heavy (non-hydrogen) atoms. The summed E-state index contributed by atoms with van der Waals surface area (Å²) in [6, 6.07) is 7.56. The highest BCUT2D eigenvalue weighted by Gasteiger charge is 2.05. The van der Waals surface area contributed by atoms with Gasteiger partial charge in [-0.05, 0) is 25.1 Å². The molecule has 1 aromatic heterocycles. The van der Waals surface area contributed by atoms with Gasteiger partial charge in [0.1, 0.15) is 0 Å². The Bertz CT molecular complexity index is 478. The van der Waals surface area contributed by atoms with Crippen LogP contribution in [-0.4, -0.2) is 21.0 Å². The predicted octanol–water partition coefficient (Wildman–Crippen LogP) is 1.81. The Hall–Kier alpha value is -1.39. The first-order chi connectivity index (χ1) is 7.65. The Morgan fingerprint density at radius 1 is 1.50 bits per heavy atom. The van der Waals surface area contributed by atoms with Gasteiger partial charge in [-0.2, -0.15) is 0 Å². The van der Waals surface area contributed by atoms with Gasteiger partial charge >= 0.3 is 0 Å². The van der Waals surface area contributed by atoms with Crippen molar-refractivity contribution < 1.29 is 0 Å². The second kappa shape index (κ2) is 4.63. The van der Waals surface area contributed by atoms with Crippen molar-refractivity contribution in [3.63, 3.8) is 0 Å². The van der Waals surface area contributed by atoms with Crippen LogP contribution in [0, 0.1) is 0 Å². The third-order valence-electron chi connectivity index (χ3n) is 2.14. The van der Waals surface area contributed by atoms with Gasteiger partial charge in [-0.3, -0.25) is 0 Å². The van der Waals surface area contributed by atoms with Crippen LogP contribution in [0.25, 0.3) is 5.69 Å². The van der Waals surface area contributed by atoms with Crippen LogP contribution < -0.4 is 5.73 Å². The Morgan fingerprint density at radius 3 is 3.00 bits per heavy atom. The highest BCUT2D eigenvalue weighted by molar-refractivity contribution is 6.30. The van der Waals surface area contributed by atoms with Crippen LogP contribution in [0.3, 0.4) is 0 Å². The molecule has 84 valence electrons. The molecule has 4 nitrogen and oxygen atoms in total. The molecule has 2 aromatic rings. The second-order valence-electron chi connectivity index (χ2n) is 3.82. The van der Waals surface area contributed by atoms with Crippen molar-refractivity contribution in [2.45, 2.75) is 19.4 Å². The largest absolute Gasteiger partial charge is 0.328 e. The van der Waals surface area contributed by atoms with Gasteiger partial charge in [0.2, 0.25) is 0 Å². The molecule has 0 saturated carbocycles. The summed E-state index contributed by atoms with van der Waals surface area (Å²) in [5, 5.41) is 8.77. The fourth-order valence-electron chi connectivity index (χ4n) is 1.47. The van der Waals surface area contributed by atoms with Gasteiger partial charge in [-0.25, -0.2) is 4.68 Å². The average Bonchev–Trinajstić information content (AvgIpc) is 2.65. The van der Waals surface area contributed by atoms with Crippen LogP contribution in [0.4, 0.5) is 0 Å². The molecule has 0 aliphatic heterocycles. The van der Waals surface area contributed by atoms with E-state index in [9.17, 15) is 0 Å². The molecule has 5 heteroatoms. The molecule has 0 bridgehead atoms. The third kappa shape index (κ3) is 2.59. The van der Waals surface area contributed by atoms with Crippen LogP contribution >= 0.6 is 11.6 Å². The van der Waals surface area contributed by atoms with Crippen molar-refractivity contribution in [1.29, 1.82) is 0 Å². The van der Waals surface area contributed by atoms with Crippen LogP contribution in [-0.2, 0) is 6.42 Å². The fourth-order valence-corrected chi connectivity index (χ4v) is 1.65. The van der Waals surface area contributed by atoms with Gasteiger partial charge in [0.25, 0.3) is 0 Å². The number of halogens is 1. The molecule has 0 spiro atoms. The number of hydrogen-bond donors (Lipinski definition) is 1. The molecular formula is C11H13ClN4. The minimum atomic E-state index is 0.0875. The van der Waals surface area contributed by atoms with Gasteiger partial charge < -0.3 is 5.73 Å². The van der Waals surface area contributed by atoms with E-state index in [-0.39, 0.29) is 6.04 Å². The van der Waals surface area contributed by atoms with Gasteiger partial charge in [-0.1, -0.05) is 22.9 Å². The highest BCUT2D eigenvalue weighted by Crippen LogP contribution is 2.14. The summed E-state index contributed by atoms with van der Waals surface area (Å²) in [4.78, 5) is 0. The molecular weight excluding hydrogens is 224 g/mol. The van der Waals surface area contributed by atoms with Gasteiger partial charge in [0.15, 0.2) is 0 Å². The topological polar surface area (TPSA) is 56.7 Å². The SMILES string of the molecule is CC(N)Cc1cn(-c2cccc(Cl)c2)nn1. The molecule has 0 aliphatic carbocycles. The molecule has 0 radical (unpaired) electrons. The lowest BCUT2D eigenvalue weighted by Crippen LogP contribution is -2.17. The maximum absolute atomic E-state index is 5.90. The van der Waals surface area contributed by atoms with Crippen LogP contribution in [0.15, 0.2) is 30.5 Å². The molecule has 0 saturated heterocycles. The first-order valence-corrected chi connectivity index (χ1v) is 5.45. The van der Waals surface area contributed by atoms with Crippen LogP contribution in [0.2, 0.25) is 5.02 Å². The first-order valence-electron chi connectivity index (χ1n) is 5.08. The summed E-state index contributed by atoms with van der Waals surface area (Å²) >= 11 is 5.90. The number of hydrogen-bond acceptors (Lipinski definition) is 3. The van der Waals surface area contributed by atoms with E-state index in [1.165, 1.54) is 0 Å². The summed E-state index contributed by atoms with van der Waals surface area (Å²) in [5.74, 6) is 0. The minimum absolute atomic E-state index is 0.0875. The Kier molecular flexibility index (Phi) is 3.22. The van der Waals surface area contributed by atoms with Crippen LogP contribution in [0.5, 0.6) is 0 Å². The Balaban J connectivity index is 2.24. The smallest absolute Gasteiger partial charge is 0.0847 e. The molecule has 2 rings (SSSR count). The lowest BCUT2D eigenvalue weighted by Gasteiger charge is -2.00. The summed E-state index contributed by atoms with van der Waals surface area (Å²) in [7, 11) is 0. The van der Waals surface area contributed by atoms with Gasteiger partial charge in [-0.15, -0.1) is 5.10 Å². The summed E-state index contributed by atoms with van der Waals surface area (Å²) < 4.78 is 1.70. The van der Waals surface area contributed by atoms with Crippen molar-refractivity contribution in [3.8, 4) is 5.69 Å². The van der Waals surface area contributed by atoms with Crippen molar-refractivity contribution >= 4 is 11.6 Å². The summed E-state index contributed by atoms with van der Waals surface area (Å²) in [6.07, 6.45) is 2.59. The quantitative estimate of drug-likeness (QED) is 0.884. The van der Waals surface area contributed by atoms with E-state index in [1.54, 1.807) is 4.68 Å². The van der Waals surface area contributed by atoms with E-state index in [4.69, 9.17) is 17.3 Å². The molecule has 2 N–H and O–H groups in total. The molecule has 1 atom stereocenters. The molecule has 0 amide bonds. The van der Waals surface area contributed by atoms with Crippen molar-refractivity contribution in [2.24, 2.45) is 5.73 Å². The lowest BCUT2D eigenvalue weighted by molar-refractivity contribution is 0.716. The number of aromatic nitrogens is 3. The van der Waals surface area contributed by atoms with Gasteiger partial charge in [0, 0.05) is 17.5 Å². The standard InChI is InChI=1S/C11H13ClN4/c1-8(13)5-10-7-16(15-14-10)11-4-2-3-9(12)6-11/h2-4,6-8H,5,13H2,1H3. The minimum Gasteiger partial charge on any atom is -0.328 e. The predicted molar refractivity (Wildman–Crippen MR) is 63.7 cm³/mol. The second-order valence-corrected chi connectivity index (χ2v) is 4.25. The monoisotopic (exact) mass is 236 g/mol. The first kappa shape index (κ1) is 11.1. The lowest BCUT2D eigenvalue weighted by atomic mass is 10.2. The van der Waals surface area contributed by atoms with E-state index in [0.717, 1.165) is 17.8 Å². The normalized spacial score (nSPS) is 12.7. The fraction of sp³-hybridized carbons (Fsp3) is 0.273. The maximum atomic E-state index is 5.90. The number of nitrogens with zero attached hydrogens (tertiary/aromatic N) is 3. The maximum Gasteiger partial charge on any atom is 0.0847 e. The molecule has 1 aromatic carbocycles. The average molecular weight is 237 g/mol. The number of rotatable bonds is 3. The van der Waals surface area contributed by atoms with E-state index < -0.39 is 0 Å². The van der Waals surface area contributed by atoms with Gasteiger partial charge in [0.05, 0.1) is 17.6 Å². The zero-order chi connectivity index (χ0) is 11.5. The van der Waals surface area contributed by atoms with E-state index in [0.29, 0.717) is 5.02 Å². The number of benzene rings is 1. The molecule has 1 heterocycles. The highest BCUT2D eigenvalue weighted by atomic mass is 35.5. The summed E-state index contributed by atoms with van der Waals surface area (Å²) in [6.45, 7) is 1.94. The van der Waals surface area contributed by atoms with Crippen molar-refractivity contribution in [1.82, 2.24) is 15.0 Å². The molecule has 0 aliphatic rings. The zero-order valence-electron chi connectivity index (χ0n) is 8.97. The van der Waals surface area contributed by atoms with Crippen LogP contribution in [0.1, 0.15) is 12.6 Å². The number of nitrogens with two attached hydrogens (primary N) is 1. The molecule has 1 unspecified atom stereocenters. The summed E-state index contributed by atoms with van der Waals surface area (Å²) in [5.41, 5.74) is 7.48. The van der Waals surface area contributed by atoms with Crippen molar-refractivity contribution in [3.05, 3.63) is 41.2 Å². The van der Waals surface area contributed by atoms with E-state index in [2.05, 4.69) is 10.3 Å². The Morgan fingerprint density at radius 2 is 2.31 bits per heavy atom. The Labute approximate surface area is 99.0 Å². The zero-order valence-corrected chi connectivity index (χ0v) is 9.72. The molecule has 0 fully saturated rings. The van der Waals surface area contributed by atoms with E-state index >= 15 is 0 Å². The van der Waals surface area contributed by atoms with Crippen molar-refractivity contribution in [2.75, 3.05) is 0 Å². The van der Waals surface area contributed by atoms with E-state index in [1.807, 2.05) is 37.4 Å².